The van der Waals surface area contributed by atoms with Crippen molar-refractivity contribution in [1.29, 1.82) is 0 Å². The van der Waals surface area contributed by atoms with Gasteiger partial charge in [0.1, 0.15) is 12.4 Å². The predicted molar refractivity (Wildman–Crippen MR) is 82.7 cm³/mol. The number of carbonyl (C=O) groups excluding carboxylic acids is 1. The van der Waals surface area contributed by atoms with Crippen LogP contribution in [-0.4, -0.2) is 44.1 Å². The normalized spacial score (nSPS) is 21.4. The largest absolute Gasteiger partial charge is 0.340 e. The second-order valence-electron chi connectivity index (χ2n) is 6.40. The topological polar surface area (TPSA) is 63.9 Å². The number of amides is 1. The summed E-state index contributed by atoms with van der Waals surface area (Å²) in [6, 6.07) is 6.00. The minimum Gasteiger partial charge on any atom is -0.340 e. The van der Waals surface area contributed by atoms with Crippen molar-refractivity contribution in [3.8, 4) is 11.4 Å². The number of rotatable bonds is 3. The first kappa shape index (κ1) is 15.6. The van der Waals surface area contributed by atoms with Crippen LogP contribution in [0.15, 0.2) is 24.3 Å². The van der Waals surface area contributed by atoms with Crippen molar-refractivity contribution >= 4 is 5.91 Å². The molecule has 1 aliphatic rings. The molecule has 23 heavy (non-hydrogen) atoms. The van der Waals surface area contributed by atoms with Gasteiger partial charge < -0.3 is 4.90 Å². The first-order valence-corrected chi connectivity index (χ1v) is 7.83. The summed E-state index contributed by atoms with van der Waals surface area (Å²) in [5.74, 6) is 0.971. The molecule has 1 aliphatic heterocycles. The number of tetrazole rings is 1. The number of piperidine rings is 1. The molecule has 3 rings (SSSR count). The number of halogens is 1. The van der Waals surface area contributed by atoms with Gasteiger partial charge in [0.05, 0.1) is 0 Å². The Kier molecular flexibility index (Phi) is 4.36. The highest BCUT2D eigenvalue weighted by molar-refractivity contribution is 5.76. The van der Waals surface area contributed by atoms with Crippen molar-refractivity contribution in [2.24, 2.45) is 11.8 Å². The molecule has 1 fully saturated rings. The number of carbonyl (C=O) groups is 1. The molecule has 2 unspecified atom stereocenters. The first-order valence-electron chi connectivity index (χ1n) is 7.83. The highest BCUT2D eigenvalue weighted by Crippen LogP contribution is 2.21. The second-order valence-corrected chi connectivity index (χ2v) is 6.40. The van der Waals surface area contributed by atoms with E-state index in [4.69, 9.17) is 0 Å². The average molecular weight is 317 g/mol. The van der Waals surface area contributed by atoms with Crippen LogP contribution in [0.4, 0.5) is 4.39 Å². The zero-order chi connectivity index (χ0) is 16.4. The summed E-state index contributed by atoms with van der Waals surface area (Å²) in [6.45, 7) is 5.92. The number of nitrogens with zero attached hydrogens (tertiary/aromatic N) is 5. The molecule has 0 aliphatic carbocycles. The van der Waals surface area contributed by atoms with Gasteiger partial charge >= 0.3 is 0 Å². The van der Waals surface area contributed by atoms with Crippen LogP contribution in [-0.2, 0) is 11.3 Å². The van der Waals surface area contributed by atoms with Crippen LogP contribution >= 0.6 is 0 Å². The monoisotopic (exact) mass is 317 g/mol. The number of aromatic nitrogens is 4. The van der Waals surface area contributed by atoms with E-state index >= 15 is 0 Å². The first-order chi connectivity index (χ1) is 11.0. The maximum absolute atomic E-state index is 13.2. The van der Waals surface area contributed by atoms with Gasteiger partial charge in [-0.1, -0.05) is 26.0 Å². The molecule has 6 nitrogen and oxygen atoms in total. The van der Waals surface area contributed by atoms with Gasteiger partial charge in [-0.15, -0.1) is 10.2 Å². The van der Waals surface area contributed by atoms with Gasteiger partial charge in [-0.05, 0) is 35.6 Å². The predicted octanol–water partition coefficient (Wildman–Crippen LogP) is 1.98. The number of benzene rings is 1. The lowest BCUT2D eigenvalue weighted by atomic mass is 9.92. The van der Waals surface area contributed by atoms with Gasteiger partial charge in [-0.2, -0.15) is 4.80 Å². The summed E-state index contributed by atoms with van der Waals surface area (Å²) in [5, 5.41) is 12.0. The Morgan fingerprint density at radius 1 is 1.30 bits per heavy atom. The number of likely N-dealkylation sites (tertiary alicyclic amines) is 1. The fourth-order valence-corrected chi connectivity index (χ4v) is 3.14. The molecule has 1 amide bonds. The Morgan fingerprint density at radius 3 is 2.74 bits per heavy atom. The van der Waals surface area contributed by atoms with Gasteiger partial charge in [-0.25, -0.2) is 4.39 Å². The van der Waals surface area contributed by atoms with Crippen LogP contribution < -0.4 is 0 Å². The SMILES string of the molecule is CC1CC(C)CN(C(=O)Cn2nnc(-c3cccc(F)c3)n2)C1. The van der Waals surface area contributed by atoms with E-state index in [1.807, 2.05) is 4.90 Å². The lowest BCUT2D eigenvalue weighted by Crippen LogP contribution is -2.44. The summed E-state index contributed by atoms with van der Waals surface area (Å²) < 4.78 is 13.2. The van der Waals surface area contributed by atoms with Crippen LogP contribution in [0, 0.1) is 17.7 Å². The molecule has 2 heterocycles. The third kappa shape index (κ3) is 3.72. The molecular weight excluding hydrogens is 297 g/mol. The molecular formula is C16H20FN5O. The Balaban J connectivity index is 1.68. The summed E-state index contributed by atoms with van der Waals surface area (Å²) in [5.41, 5.74) is 0.545. The Bertz CT molecular complexity index is 691. The van der Waals surface area contributed by atoms with Crippen molar-refractivity contribution in [3.63, 3.8) is 0 Å². The smallest absolute Gasteiger partial charge is 0.246 e. The molecule has 1 saturated heterocycles. The van der Waals surface area contributed by atoms with Gasteiger partial charge in [0.15, 0.2) is 0 Å². The van der Waals surface area contributed by atoms with E-state index < -0.39 is 0 Å². The molecule has 0 spiro atoms. The van der Waals surface area contributed by atoms with E-state index in [9.17, 15) is 9.18 Å². The molecule has 0 bridgehead atoms. The summed E-state index contributed by atoms with van der Waals surface area (Å²) in [4.78, 5) is 15.5. The maximum atomic E-state index is 13.2. The maximum Gasteiger partial charge on any atom is 0.246 e. The standard InChI is InChI=1S/C16H20FN5O/c1-11-6-12(2)9-21(8-11)15(23)10-22-19-16(18-20-22)13-4-3-5-14(17)7-13/h3-5,7,11-12H,6,8-10H2,1-2H3. The summed E-state index contributed by atoms with van der Waals surface area (Å²) in [7, 11) is 0. The molecule has 1 aromatic carbocycles. The zero-order valence-electron chi connectivity index (χ0n) is 13.3. The molecule has 1 aromatic heterocycles. The van der Waals surface area contributed by atoms with Crippen LogP contribution in [0.3, 0.4) is 0 Å². The summed E-state index contributed by atoms with van der Waals surface area (Å²) in [6.07, 6.45) is 1.15. The van der Waals surface area contributed by atoms with E-state index in [0.29, 0.717) is 23.2 Å². The molecule has 2 aromatic rings. The molecule has 0 saturated carbocycles. The van der Waals surface area contributed by atoms with Crippen molar-refractivity contribution in [1.82, 2.24) is 25.1 Å². The van der Waals surface area contributed by atoms with Crippen LogP contribution in [0.25, 0.3) is 11.4 Å². The Morgan fingerprint density at radius 2 is 2.04 bits per heavy atom. The van der Waals surface area contributed by atoms with Crippen LogP contribution in [0.2, 0.25) is 0 Å². The number of hydrogen-bond donors (Lipinski definition) is 0. The molecule has 0 radical (unpaired) electrons. The van der Waals surface area contributed by atoms with E-state index in [1.54, 1.807) is 12.1 Å². The highest BCUT2D eigenvalue weighted by Gasteiger charge is 2.25. The van der Waals surface area contributed by atoms with E-state index in [0.717, 1.165) is 19.5 Å². The van der Waals surface area contributed by atoms with Crippen molar-refractivity contribution in [2.45, 2.75) is 26.8 Å². The Labute approximate surface area is 134 Å². The minimum atomic E-state index is -0.355. The van der Waals surface area contributed by atoms with Crippen molar-refractivity contribution in [3.05, 3.63) is 30.1 Å². The fourth-order valence-electron chi connectivity index (χ4n) is 3.14. The van der Waals surface area contributed by atoms with Crippen molar-refractivity contribution in [2.75, 3.05) is 13.1 Å². The molecule has 122 valence electrons. The second kappa shape index (κ2) is 6.44. The number of hydrogen-bond acceptors (Lipinski definition) is 4. The molecule has 7 heteroatoms. The van der Waals surface area contributed by atoms with Gasteiger partial charge in [0.2, 0.25) is 11.7 Å². The van der Waals surface area contributed by atoms with Gasteiger partial charge in [0, 0.05) is 18.7 Å². The third-order valence-electron chi connectivity index (χ3n) is 4.03. The zero-order valence-corrected chi connectivity index (χ0v) is 13.3. The summed E-state index contributed by atoms with van der Waals surface area (Å²) >= 11 is 0. The minimum absolute atomic E-state index is 0.00778. The molecule has 2 atom stereocenters. The lowest BCUT2D eigenvalue weighted by molar-refractivity contribution is -0.135. The van der Waals surface area contributed by atoms with Gasteiger partial charge in [0.25, 0.3) is 0 Å². The van der Waals surface area contributed by atoms with Crippen LogP contribution in [0.5, 0.6) is 0 Å². The van der Waals surface area contributed by atoms with Crippen molar-refractivity contribution < 1.29 is 9.18 Å². The van der Waals surface area contributed by atoms with E-state index in [-0.39, 0.29) is 18.3 Å². The fraction of sp³-hybridized carbons (Fsp3) is 0.500. The average Bonchev–Trinajstić information content (AvgIpc) is 2.95. The van der Waals surface area contributed by atoms with E-state index in [2.05, 4.69) is 29.3 Å². The lowest BCUT2D eigenvalue weighted by Gasteiger charge is -2.34. The molecule has 0 N–H and O–H groups in total. The highest BCUT2D eigenvalue weighted by atomic mass is 19.1. The van der Waals surface area contributed by atoms with Crippen LogP contribution in [0.1, 0.15) is 20.3 Å². The van der Waals surface area contributed by atoms with Gasteiger partial charge in [-0.3, -0.25) is 4.79 Å². The Hall–Kier alpha value is -2.31. The quantitative estimate of drug-likeness (QED) is 0.868. The third-order valence-corrected chi connectivity index (χ3v) is 4.03. The van der Waals surface area contributed by atoms with E-state index in [1.165, 1.54) is 16.9 Å².